The number of hydrogen-bond acceptors (Lipinski definition) is 2. The summed E-state index contributed by atoms with van der Waals surface area (Å²) < 4.78 is 11.6. The molecule has 0 bridgehead atoms. The van der Waals surface area contributed by atoms with E-state index < -0.39 is 5.79 Å². The summed E-state index contributed by atoms with van der Waals surface area (Å²) in [6.07, 6.45) is 4.59. The van der Waals surface area contributed by atoms with E-state index in [4.69, 9.17) is 21.1 Å². The molecule has 2 nitrogen and oxygen atoms in total. The molecular weight excluding hydrogens is 224 g/mol. The number of hydrogen-bond donors (Lipinski definition) is 0. The summed E-state index contributed by atoms with van der Waals surface area (Å²) in [7, 11) is 1.70. The summed E-state index contributed by atoms with van der Waals surface area (Å²) in [6, 6.07) is 7.80. The van der Waals surface area contributed by atoms with Crippen LogP contribution < -0.4 is 0 Å². The van der Waals surface area contributed by atoms with E-state index in [-0.39, 0.29) is 5.60 Å². The Labute approximate surface area is 101 Å². The fourth-order valence-corrected chi connectivity index (χ4v) is 3.25. The SMILES string of the molecule is COC1(c2ccccc2Cl)OC12CCCC2. The summed E-state index contributed by atoms with van der Waals surface area (Å²) in [4.78, 5) is 0. The van der Waals surface area contributed by atoms with Gasteiger partial charge in [-0.15, -0.1) is 0 Å². The lowest BCUT2D eigenvalue weighted by molar-refractivity contribution is -0.0149. The fraction of sp³-hybridized carbons (Fsp3) is 0.538. The van der Waals surface area contributed by atoms with E-state index >= 15 is 0 Å². The van der Waals surface area contributed by atoms with Gasteiger partial charge in [-0.05, 0) is 18.9 Å². The van der Waals surface area contributed by atoms with Gasteiger partial charge in [-0.1, -0.05) is 42.6 Å². The quantitative estimate of drug-likeness (QED) is 0.736. The molecule has 1 aromatic carbocycles. The molecule has 3 rings (SSSR count). The van der Waals surface area contributed by atoms with Gasteiger partial charge in [0.05, 0.1) is 0 Å². The maximum atomic E-state index is 6.23. The maximum absolute atomic E-state index is 6.23. The minimum absolute atomic E-state index is 0.104. The summed E-state index contributed by atoms with van der Waals surface area (Å²) in [5.74, 6) is -0.582. The summed E-state index contributed by atoms with van der Waals surface area (Å²) in [6.45, 7) is 0. The average Bonchev–Trinajstić information content (AvgIpc) is 2.66. The molecular formula is C13H15ClO2. The predicted molar refractivity (Wildman–Crippen MR) is 62.4 cm³/mol. The van der Waals surface area contributed by atoms with Crippen molar-refractivity contribution in [3.05, 3.63) is 34.9 Å². The Morgan fingerprint density at radius 1 is 1.25 bits per heavy atom. The van der Waals surface area contributed by atoms with Crippen LogP contribution in [0.5, 0.6) is 0 Å². The monoisotopic (exact) mass is 238 g/mol. The molecule has 2 aliphatic rings. The van der Waals surface area contributed by atoms with Crippen LogP contribution in [0.1, 0.15) is 31.2 Å². The number of ether oxygens (including phenoxy) is 2. The Balaban J connectivity index is 2.02. The molecule has 1 saturated heterocycles. The molecule has 1 unspecified atom stereocenters. The largest absolute Gasteiger partial charge is 0.347 e. The molecule has 0 N–H and O–H groups in total. The Morgan fingerprint density at radius 3 is 2.56 bits per heavy atom. The molecule has 1 aliphatic carbocycles. The van der Waals surface area contributed by atoms with Gasteiger partial charge in [0.1, 0.15) is 5.60 Å². The maximum Gasteiger partial charge on any atom is 0.227 e. The highest BCUT2D eigenvalue weighted by Gasteiger charge is 2.73. The highest BCUT2D eigenvalue weighted by molar-refractivity contribution is 6.31. The summed E-state index contributed by atoms with van der Waals surface area (Å²) in [5, 5.41) is 0.730. The van der Waals surface area contributed by atoms with Crippen molar-refractivity contribution in [1.82, 2.24) is 0 Å². The molecule has 1 heterocycles. The van der Waals surface area contributed by atoms with Gasteiger partial charge in [-0.25, -0.2) is 0 Å². The van der Waals surface area contributed by atoms with Crippen LogP contribution in [0.3, 0.4) is 0 Å². The van der Waals surface area contributed by atoms with Crippen molar-refractivity contribution in [2.75, 3.05) is 7.11 Å². The van der Waals surface area contributed by atoms with E-state index in [1.807, 2.05) is 24.3 Å². The zero-order valence-corrected chi connectivity index (χ0v) is 10.1. The van der Waals surface area contributed by atoms with E-state index in [1.165, 1.54) is 12.8 Å². The normalized spacial score (nSPS) is 30.9. The van der Waals surface area contributed by atoms with Gasteiger partial charge >= 0.3 is 0 Å². The second-order valence-electron chi connectivity index (χ2n) is 4.60. The first-order valence-corrected chi connectivity index (χ1v) is 6.12. The van der Waals surface area contributed by atoms with Crippen molar-refractivity contribution in [3.63, 3.8) is 0 Å². The molecule has 16 heavy (non-hydrogen) atoms. The zero-order chi connectivity index (χ0) is 11.2. The average molecular weight is 239 g/mol. The fourth-order valence-electron chi connectivity index (χ4n) is 2.99. The van der Waals surface area contributed by atoms with Crippen LogP contribution in [0.25, 0.3) is 0 Å². The van der Waals surface area contributed by atoms with Gasteiger partial charge in [0.25, 0.3) is 0 Å². The first-order valence-electron chi connectivity index (χ1n) is 5.74. The Hall–Kier alpha value is -0.570. The first kappa shape index (κ1) is 10.6. The molecule has 0 radical (unpaired) electrons. The minimum atomic E-state index is -0.582. The lowest BCUT2D eigenvalue weighted by Crippen LogP contribution is -2.23. The van der Waals surface area contributed by atoms with Crippen molar-refractivity contribution >= 4 is 11.6 Å². The van der Waals surface area contributed by atoms with E-state index in [1.54, 1.807) is 7.11 Å². The number of halogens is 1. The minimum Gasteiger partial charge on any atom is -0.347 e. The summed E-state index contributed by atoms with van der Waals surface area (Å²) >= 11 is 6.23. The van der Waals surface area contributed by atoms with E-state index in [9.17, 15) is 0 Å². The number of methoxy groups -OCH3 is 1. The molecule has 1 aromatic rings. The predicted octanol–water partition coefficient (Wildman–Crippen LogP) is 3.48. The van der Waals surface area contributed by atoms with Crippen LogP contribution in [-0.4, -0.2) is 12.7 Å². The Bertz CT molecular complexity index is 412. The zero-order valence-electron chi connectivity index (χ0n) is 9.33. The van der Waals surface area contributed by atoms with E-state index in [2.05, 4.69) is 0 Å². The van der Waals surface area contributed by atoms with Crippen LogP contribution >= 0.6 is 11.6 Å². The van der Waals surface area contributed by atoms with Crippen molar-refractivity contribution in [2.24, 2.45) is 0 Å². The molecule has 0 aromatic heterocycles. The van der Waals surface area contributed by atoms with Gasteiger partial charge in [0, 0.05) is 17.7 Å². The number of benzene rings is 1. The molecule has 3 heteroatoms. The van der Waals surface area contributed by atoms with Crippen LogP contribution in [0.15, 0.2) is 24.3 Å². The van der Waals surface area contributed by atoms with Crippen LogP contribution in [0.2, 0.25) is 5.02 Å². The van der Waals surface area contributed by atoms with E-state index in [0.29, 0.717) is 0 Å². The molecule has 1 aliphatic heterocycles. The topological polar surface area (TPSA) is 21.8 Å². The summed E-state index contributed by atoms with van der Waals surface area (Å²) in [5.41, 5.74) is 0.869. The second-order valence-corrected chi connectivity index (χ2v) is 5.01. The lowest BCUT2D eigenvalue weighted by Gasteiger charge is -2.16. The number of rotatable bonds is 2. The third-order valence-electron chi connectivity index (χ3n) is 3.82. The Kier molecular flexibility index (Phi) is 2.29. The molecule has 1 saturated carbocycles. The van der Waals surface area contributed by atoms with Gasteiger partial charge in [-0.2, -0.15) is 0 Å². The highest BCUT2D eigenvalue weighted by Crippen LogP contribution is 2.64. The Morgan fingerprint density at radius 2 is 1.94 bits per heavy atom. The highest BCUT2D eigenvalue weighted by atomic mass is 35.5. The molecule has 0 amide bonds. The van der Waals surface area contributed by atoms with Gasteiger partial charge in [-0.3, -0.25) is 0 Å². The van der Waals surface area contributed by atoms with Crippen molar-refractivity contribution < 1.29 is 9.47 Å². The van der Waals surface area contributed by atoms with Crippen LogP contribution in [0, 0.1) is 0 Å². The third-order valence-corrected chi connectivity index (χ3v) is 4.15. The second kappa shape index (κ2) is 3.46. The molecule has 1 atom stereocenters. The standard InChI is InChI=1S/C13H15ClO2/c1-15-13(10-6-2-3-7-11(10)14)12(16-13)8-4-5-9-12/h2-3,6-7H,4-5,8-9H2,1H3. The van der Waals surface area contributed by atoms with Gasteiger partial charge < -0.3 is 9.47 Å². The molecule has 1 spiro atoms. The van der Waals surface area contributed by atoms with Gasteiger partial charge in [0.2, 0.25) is 5.79 Å². The van der Waals surface area contributed by atoms with Crippen LogP contribution in [0.4, 0.5) is 0 Å². The first-order chi connectivity index (χ1) is 7.74. The smallest absolute Gasteiger partial charge is 0.227 e. The third kappa shape index (κ3) is 1.21. The van der Waals surface area contributed by atoms with Crippen LogP contribution in [-0.2, 0) is 15.3 Å². The lowest BCUT2D eigenvalue weighted by atomic mass is 9.94. The van der Waals surface area contributed by atoms with E-state index in [0.717, 1.165) is 23.4 Å². The van der Waals surface area contributed by atoms with Gasteiger partial charge in [0.15, 0.2) is 0 Å². The van der Waals surface area contributed by atoms with Crippen molar-refractivity contribution in [3.8, 4) is 0 Å². The number of epoxide rings is 1. The van der Waals surface area contributed by atoms with Crippen molar-refractivity contribution in [1.29, 1.82) is 0 Å². The van der Waals surface area contributed by atoms with Crippen molar-refractivity contribution in [2.45, 2.75) is 37.1 Å². The molecule has 86 valence electrons. The molecule has 2 fully saturated rings.